The number of rotatable bonds is 6. The molecule has 0 aromatic heterocycles. The van der Waals surface area contributed by atoms with Crippen molar-refractivity contribution in [2.45, 2.75) is 20.0 Å². The molecular weight excluding hydrogens is 402 g/mol. The molecule has 0 spiro atoms. The van der Waals surface area contributed by atoms with E-state index in [4.69, 9.17) is 29.0 Å². The molecule has 0 saturated heterocycles. The minimum atomic E-state index is -1.97. The molecule has 1 atom stereocenters. The number of carbonyl (C=O) groups is 1. The maximum atomic E-state index is 12.3. The Hall–Kier alpha value is -0.477. The topological polar surface area (TPSA) is 38.8 Å². The number of ether oxygens (including phenoxy) is 1. The fraction of sp³-hybridized carbons (Fsp3) is 0.429. The van der Waals surface area contributed by atoms with E-state index in [1.807, 2.05) is 32.0 Å². The maximum absolute atomic E-state index is 12.3. The van der Waals surface area contributed by atoms with E-state index in [0.29, 0.717) is 5.75 Å². The molecule has 4 nitrogen and oxygen atoms in total. The van der Waals surface area contributed by atoms with Gasteiger partial charge in [0.2, 0.25) is 0 Å². The third kappa shape index (κ3) is 5.67. The molecule has 0 N–H and O–H groups in total. The van der Waals surface area contributed by atoms with E-state index in [2.05, 4.69) is 0 Å². The van der Waals surface area contributed by atoms with E-state index < -0.39 is 19.6 Å². The Balaban J connectivity index is 3.05. The minimum absolute atomic E-state index is 0.0106. The number of hydrogen-bond donors (Lipinski definition) is 0. The van der Waals surface area contributed by atoms with Gasteiger partial charge < -0.3 is 0 Å². The molecule has 1 aromatic rings. The monoisotopic (exact) mass is 421 g/mol. The molecule has 0 radical (unpaired) electrons. The second kappa shape index (κ2) is 8.84. The van der Waals surface area contributed by atoms with Crippen molar-refractivity contribution in [3.8, 4) is 5.75 Å². The van der Waals surface area contributed by atoms with E-state index in [0.717, 1.165) is 10.6 Å². The molecular formula is C14H19Cl2NO3Ru-2. The quantitative estimate of drug-likeness (QED) is 0.523. The van der Waals surface area contributed by atoms with Crippen molar-refractivity contribution < 1.29 is 27.9 Å². The SMILES string of the molecule is CON(C)C(=O)C(Oc1ccccc1[CH]=[Ru-2]([Cl])[Cl])C(C)C. The molecule has 0 bridgehead atoms. The summed E-state index contributed by atoms with van der Waals surface area (Å²) in [5.74, 6) is 0.339. The van der Waals surface area contributed by atoms with E-state index in [-0.39, 0.29) is 11.8 Å². The number of likely N-dealkylation sites (N-methyl/N-ethyl adjacent to an activating group) is 1. The van der Waals surface area contributed by atoms with Crippen molar-refractivity contribution in [3.63, 3.8) is 0 Å². The number of halogens is 2. The third-order valence-corrected chi connectivity index (χ3v) is 4.63. The van der Waals surface area contributed by atoms with Gasteiger partial charge >= 0.3 is 138 Å². The van der Waals surface area contributed by atoms with Gasteiger partial charge in [0.25, 0.3) is 0 Å². The van der Waals surface area contributed by atoms with Gasteiger partial charge in [-0.1, -0.05) is 0 Å². The zero-order valence-corrected chi connectivity index (χ0v) is 15.6. The first-order valence-corrected chi connectivity index (χ1v) is 11.7. The fourth-order valence-electron chi connectivity index (χ4n) is 1.63. The Kier molecular flexibility index (Phi) is 7.82. The van der Waals surface area contributed by atoms with Crippen molar-refractivity contribution >= 4 is 29.9 Å². The fourth-order valence-corrected chi connectivity index (χ4v) is 3.44. The van der Waals surface area contributed by atoms with Crippen LogP contribution in [0, 0.1) is 5.92 Å². The van der Waals surface area contributed by atoms with Gasteiger partial charge in [0.15, 0.2) is 0 Å². The van der Waals surface area contributed by atoms with Crippen molar-refractivity contribution in [2.24, 2.45) is 5.92 Å². The van der Waals surface area contributed by atoms with Crippen LogP contribution in [0.3, 0.4) is 0 Å². The Morgan fingerprint density at radius 2 is 1.95 bits per heavy atom. The third-order valence-electron chi connectivity index (χ3n) is 2.79. The number of hydroxylamine groups is 2. The summed E-state index contributed by atoms with van der Waals surface area (Å²) in [6.45, 7) is 3.83. The average molecular weight is 421 g/mol. The van der Waals surface area contributed by atoms with Gasteiger partial charge in [-0.15, -0.1) is 0 Å². The van der Waals surface area contributed by atoms with Gasteiger partial charge in [0.1, 0.15) is 0 Å². The van der Waals surface area contributed by atoms with Crippen LogP contribution < -0.4 is 4.74 Å². The van der Waals surface area contributed by atoms with Crippen molar-refractivity contribution in [3.05, 3.63) is 29.8 Å². The van der Waals surface area contributed by atoms with Crippen LogP contribution in [0.5, 0.6) is 5.75 Å². The second-order valence-electron chi connectivity index (χ2n) is 4.65. The summed E-state index contributed by atoms with van der Waals surface area (Å²) in [5, 5.41) is 1.16. The van der Waals surface area contributed by atoms with E-state index >= 15 is 0 Å². The molecule has 21 heavy (non-hydrogen) atoms. The molecule has 0 aliphatic rings. The van der Waals surface area contributed by atoms with E-state index in [9.17, 15) is 4.79 Å². The second-order valence-corrected chi connectivity index (χ2v) is 10.4. The number of nitrogens with zero attached hydrogens (tertiary/aromatic N) is 1. The van der Waals surface area contributed by atoms with Gasteiger partial charge in [-0.25, -0.2) is 0 Å². The van der Waals surface area contributed by atoms with Crippen molar-refractivity contribution in [1.82, 2.24) is 5.06 Å². The number of benzene rings is 1. The predicted octanol–water partition coefficient (Wildman–Crippen LogP) is 3.19. The Bertz CT molecular complexity index is 519. The number of para-hydroxylation sites is 1. The van der Waals surface area contributed by atoms with Crippen LogP contribution in [0.4, 0.5) is 0 Å². The van der Waals surface area contributed by atoms with Crippen molar-refractivity contribution in [1.29, 1.82) is 0 Å². The molecule has 122 valence electrons. The normalized spacial score (nSPS) is 12.8. The van der Waals surface area contributed by atoms with Crippen LogP contribution in [0.2, 0.25) is 0 Å². The molecule has 1 rings (SSSR count). The summed E-state index contributed by atoms with van der Waals surface area (Å²) in [5.41, 5.74) is 0.805. The number of carbonyl (C=O) groups excluding carboxylic acids is 1. The molecule has 0 heterocycles. The molecule has 1 unspecified atom stereocenters. The first kappa shape index (κ1) is 18.6. The first-order chi connectivity index (χ1) is 9.86. The Morgan fingerprint density at radius 1 is 1.33 bits per heavy atom. The van der Waals surface area contributed by atoms with Crippen LogP contribution in [0.15, 0.2) is 24.3 Å². The zero-order valence-electron chi connectivity index (χ0n) is 12.3. The van der Waals surface area contributed by atoms with Gasteiger partial charge in [-0.2, -0.15) is 0 Å². The predicted molar refractivity (Wildman–Crippen MR) is 82.3 cm³/mol. The van der Waals surface area contributed by atoms with Crippen LogP contribution in [0.1, 0.15) is 19.4 Å². The van der Waals surface area contributed by atoms with Gasteiger partial charge in [-0.05, 0) is 0 Å². The van der Waals surface area contributed by atoms with Crippen LogP contribution in [-0.2, 0) is 23.2 Å². The van der Waals surface area contributed by atoms with E-state index in [1.165, 1.54) is 7.11 Å². The van der Waals surface area contributed by atoms with Crippen LogP contribution in [-0.4, -0.2) is 35.8 Å². The van der Waals surface area contributed by atoms with Gasteiger partial charge in [-0.3, -0.25) is 0 Å². The Morgan fingerprint density at radius 3 is 2.48 bits per heavy atom. The van der Waals surface area contributed by atoms with Crippen LogP contribution in [0.25, 0.3) is 0 Å². The van der Waals surface area contributed by atoms with Gasteiger partial charge in [0, 0.05) is 0 Å². The number of hydrogen-bond acceptors (Lipinski definition) is 3. The summed E-state index contributed by atoms with van der Waals surface area (Å²) in [6, 6.07) is 7.38. The summed E-state index contributed by atoms with van der Waals surface area (Å²) in [4.78, 5) is 17.2. The van der Waals surface area contributed by atoms with Crippen molar-refractivity contribution in [2.75, 3.05) is 14.2 Å². The molecule has 0 aliphatic heterocycles. The summed E-state index contributed by atoms with van der Waals surface area (Å²) in [7, 11) is 14.8. The summed E-state index contributed by atoms with van der Waals surface area (Å²) < 4.78 is 7.69. The summed E-state index contributed by atoms with van der Waals surface area (Å²) in [6.07, 6.45) is -0.643. The van der Waals surface area contributed by atoms with Gasteiger partial charge in [0.05, 0.1) is 0 Å². The molecule has 1 aromatic carbocycles. The number of amides is 1. The zero-order chi connectivity index (χ0) is 16.0. The molecule has 0 fully saturated rings. The molecule has 7 heteroatoms. The summed E-state index contributed by atoms with van der Waals surface area (Å²) >= 11 is -1.97. The van der Waals surface area contributed by atoms with Crippen LogP contribution >= 0.6 is 19.4 Å². The molecule has 0 aliphatic carbocycles. The molecule has 0 saturated carbocycles. The van der Waals surface area contributed by atoms with E-state index in [1.54, 1.807) is 17.7 Å². The molecule has 1 amide bonds. The average Bonchev–Trinajstić information content (AvgIpc) is 2.43. The Labute approximate surface area is 138 Å². The standard InChI is InChI=1S/C14H19NO3.2ClH.Ru/c1-10(2)13(14(16)15(4)17-5)18-12-9-7-6-8-11(12)3;;;/h3,6-10,13H,1-2,4-5H3;2*1H;/p-2. The first-order valence-electron chi connectivity index (χ1n) is 6.27.